The van der Waals surface area contributed by atoms with E-state index in [2.05, 4.69) is 27.9 Å². The summed E-state index contributed by atoms with van der Waals surface area (Å²) >= 11 is 0. The highest BCUT2D eigenvalue weighted by molar-refractivity contribution is 6.06. The van der Waals surface area contributed by atoms with Crippen molar-refractivity contribution < 1.29 is 4.92 Å². The van der Waals surface area contributed by atoms with Gasteiger partial charge in [0.2, 0.25) is 5.96 Å². The first-order chi connectivity index (χ1) is 11.1. The van der Waals surface area contributed by atoms with Gasteiger partial charge < -0.3 is 0 Å². The van der Waals surface area contributed by atoms with Gasteiger partial charge in [0.05, 0.1) is 21.9 Å². The van der Waals surface area contributed by atoms with Crippen LogP contribution in [0.1, 0.15) is 18.9 Å². The average Bonchev–Trinajstić information content (AvgIpc) is 2.87. The third kappa shape index (κ3) is 1.95. The van der Waals surface area contributed by atoms with Gasteiger partial charge in [0, 0.05) is 18.3 Å². The molecule has 0 amide bonds. The second-order valence-corrected chi connectivity index (χ2v) is 5.84. The molecule has 2 aliphatic heterocycles. The fraction of sp³-hybridized carbons (Fsp3) is 0.176. The summed E-state index contributed by atoms with van der Waals surface area (Å²) in [6.45, 7) is 2.14. The lowest BCUT2D eigenvalue weighted by atomic mass is 9.88. The van der Waals surface area contributed by atoms with Crippen molar-refractivity contribution in [3.8, 4) is 0 Å². The van der Waals surface area contributed by atoms with Crippen molar-refractivity contribution in [3.63, 3.8) is 0 Å². The fourth-order valence-corrected chi connectivity index (χ4v) is 3.17. The highest BCUT2D eigenvalue weighted by Gasteiger charge is 2.45. The van der Waals surface area contributed by atoms with E-state index in [-0.39, 0.29) is 11.2 Å². The number of hydrogen-bond acceptors (Lipinski definition) is 5. The number of aliphatic imine (C=N–C) groups is 2. The summed E-state index contributed by atoms with van der Waals surface area (Å²) < 4.78 is 0. The molecule has 1 atom stereocenters. The quantitative estimate of drug-likeness (QED) is 0.621. The predicted octanol–water partition coefficient (Wildman–Crippen LogP) is 3.29. The molecule has 1 aromatic carbocycles. The summed E-state index contributed by atoms with van der Waals surface area (Å²) in [5.74, 6) is 0.665. The molecule has 6 heteroatoms. The molecule has 2 heterocycles. The van der Waals surface area contributed by atoms with Crippen LogP contribution in [-0.2, 0) is 0 Å². The lowest BCUT2D eigenvalue weighted by molar-refractivity contribution is -0.384. The van der Waals surface area contributed by atoms with E-state index in [1.165, 1.54) is 12.1 Å². The topological polar surface area (TPSA) is 71.1 Å². The van der Waals surface area contributed by atoms with Crippen LogP contribution in [0.3, 0.4) is 0 Å². The van der Waals surface area contributed by atoms with Crippen molar-refractivity contribution in [2.75, 3.05) is 0 Å². The van der Waals surface area contributed by atoms with Crippen molar-refractivity contribution in [2.24, 2.45) is 9.98 Å². The van der Waals surface area contributed by atoms with Crippen LogP contribution in [0.25, 0.3) is 5.70 Å². The molecular formula is C17H14N4O2. The van der Waals surface area contributed by atoms with E-state index in [0.717, 1.165) is 23.4 Å². The van der Waals surface area contributed by atoms with Gasteiger partial charge in [-0.1, -0.05) is 12.2 Å². The summed E-state index contributed by atoms with van der Waals surface area (Å²) in [5.41, 5.74) is 2.67. The van der Waals surface area contributed by atoms with E-state index in [0.29, 0.717) is 5.96 Å². The van der Waals surface area contributed by atoms with Crippen molar-refractivity contribution in [1.82, 2.24) is 4.90 Å². The SMILES string of the molecule is CC12CC=CC=C1N=C1N=CC=C(c3ccc([N+](=O)[O-])cc3)N12. The molecule has 0 aromatic heterocycles. The van der Waals surface area contributed by atoms with Gasteiger partial charge in [0.1, 0.15) is 0 Å². The summed E-state index contributed by atoms with van der Waals surface area (Å²) in [7, 11) is 0. The number of benzene rings is 1. The first-order valence-corrected chi connectivity index (χ1v) is 7.35. The Labute approximate surface area is 133 Å². The number of nitro groups is 1. The van der Waals surface area contributed by atoms with Crippen LogP contribution in [0.15, 0.2) is 64.3 Å². The number of rotatable bonds is 2. The summed E-state index contributed by atoms with van der Waals surface area (Å²) in [4.78, 5) is 21.6. The number of hydrogen-bond donors (Lipinski definition) is 0. The van der Waals surface area contributed by atoms with Gasteiger partial charge in [0.15, 0.2) is 0 Å². The van der Waals surface area contributed by atoms with Gasteiger partial charge in [0.25, 0.3) is 5.69 Å². The van der Waals surface area contributed by atoms with Crippen molar-refractivity contribution >= 4 is 23.6 Å². The van der Waals surface area contributed by atoms with E-state index in [1.807, 2.05) is 18.2 Å². The molecule has 0 saturated heterocycles. The molecule has 0 N–H and O–H groups in total. The van der Waals surface area contributed by atoms with Crippen LogP contribution in [0.4, 0.5) is 5.69 Å². The molecule has 114 valence electrons. The van der Waals surface area contributed by atoms with Crippen LogP contribution in [0, 0.1) is 10.1 Å². The number of nitro benzene ring substituents is 1. The minimum Gasteiger partial charge on any atom is -0.298 e. The standard InChI is InChI=1S/C17H14N4O2/c1-17-10-3-2-4-15(17)19-16-18-11-9-14(20(16)17)12-5-7-13(8-6-12)21(22)23/h2-9,11H,10H2,1H3. The number of allylic oxidation sites excluding steroid dienone is 3. The van der Waals surface area contributed by atoms with E-state index < -0.39 is 4.92 Å². The van der Waals surface area contributed by atoms with E-state index in [4.69, 9.17) is 0 Å². The summed E-state index contributed by atoms with van der Waals surface area (Å²) in [6.07, 6.45) is 10.6. The smallest absolute Gasteiger partial charge is 0.269 e. The number of guanidine groups is 1. The molecule has 1 unspecified atom stereocenters. The monoisotopic (exact) mass is 306 g/mol. The number of non-ortho nitro benzene ring substituents is 1. The molecule has 4 rings (SSSR count). The van der Waals surface area contributed by atoms with Crippen LogP contribution in [-0.4, -0.2) is 27.5 Å². The molecule has 3 aliphatic rings. The minimum absolute atomic E-state index is 0.0848. The summed E-state index contributed by atoms with van der Waals surface area (Å²) in [5, 5.41) is 10.8. The second kappa shape index (κ2) is 4.74. The summed E-state index contributed by atoms with van der Waals surface area (Å²) in [6, 6.07) is 6.58. The van der Waals surface area contributed by atoms with E-state index >= 15 is 0 Å². The first-order valence-electron chi connectivity index (χ1n) is 7.35. The Balaban J connectivity index is 1.78. The molecule has 0 bridgehead atoms. The van der Waals surface area contributed by atoms with E-state index in [1.54, 1.807) is 18.3 Å². The lowest BCUT2D eigenvalue weighted by Crippen LogP contribution is -2.45. The average molecular weight is 306 g/mol. The maximum Gasteiger partial charge on any atom is 0.269 e. The van der Waals surface area contributed by atoms with E-state index in [9.17, 15) is 10.1 Å². The van der Waals surface area contributed by atoms with Crippen molar-refractivity contribution in [2.45, 2.75) is 18.9 Å². The maximum absolute atomic E-state index is 10.8. The predicted molar refractivity (Wildman–Crippen MR) is 89.1 cm³/mol. The largest absolute Gasteiger partial charge is 0.298 e. The van der Waals surface area contributed by atoms with Crippen LogP contribution in [0.2, 0.25) is 0 Å². The highest BCUT2D eigenvalue weighted by Crippen LogP contribution is 2.43. The maximum atomic E-state index is 10.8. The van der Waals surface area contributed by atoms with Crippen molar-refractivity contribution in [3.05, 3.63) is 69.9 Å². The molecule has 6 nitrogen and oxygen atoms in total. The molecule has 1 aromatic rings. The van der Waals surface area contributed by atoms with Gasteiger partial charge in [-0.05, 0) is 43.2 Å². The highest BCUT2D eigenvalue weighted by atomic mass is 16.6. The van der Waals surface area contributed by atoms with Crippen LogP contribution < -0.4 is 0 Å². The molecular weight excluding hydrogens is 292 g/mol. The Morgan fingerprint density at radius 1 is 1.26 bits per heavy atom. The minimum atomic E-state index is -0.392. The van der Waals surface area contributed by atoms with Gasteiger partial charge in [-0.25, -0.2) is 9.98 Å². The Morgan fingerprint density at radius 3 is 2.78 bits per heavy atom. The Morgan fingerprint density at radius 2 is 2.04 bits per heavy atom. The van der Waals surface area contributed by atoms with Crippen LogP contribution >= 0.6 is 0 Å². The van der Waals surface area contributed by atoms with Gasteiger partial charge in [-0.15, -0.1) is 0 Å². The Hall–Kier alpha value is -3.02. The molecule has 0 fully saturated rings. The second-order valence-electron chi connectivity index (χ2n) is 5.84. The molecule has 0 radical (unpaired) electrons. The third-order valence-electron chi connectivity index (χ3n) is 4.41. The normalized spacial score (nSPS) is 24.6. The zero-order valence-electron chi connectivity index (χ0n) is 12.5. The fourth-order valence-electron chi connectivity index (χ4n) is 3.17. The number of fused-ring (bicyclic) bond motifs is 3. The zero-order chi connectivity index (χ0) is 16.0. The van der Waals surface area contributed by atoms with Crippen LogP contribution in [0.5, 0.6) is 0 Å². The first kappa shape index (κ1) is 13.6. The third-order valence-corrected chi connectivity index (χ3v) is 4.41. The van der Waals surface area contributed by atoms with Gasteiger partial charge >= 0.3 is 0 Å². The van der Waals surface area contributed by atoms with Gasteiger partial charge in [-0.3, -0.25) is 15.0 Å². The molecule has 0 saturated carbocycles. The lowest BCUT2D eigenvalue weighted by Gasteiger charge is -2.39. The Kier molecular flexibility index (Phi) is 2.81. The molecule has 1 aliphatic carbocycles. The molecule has 23 heavy (non-hydrogen) atoms. The van der Waals surface area contributed by atoms with Crippen molar-refractivity contribution in [1.29, 1.82) is 0 Å². The Bertz CT molecular complexity index is 846. The van der Waals surface area contributed by atoms with Gasteiger partial charge in [-0.2, -0.15) is 0 Å². The molecule has 0 spiro atoms. The zero-order valence-corrected chi connectivity index (χ0v) is 12.5. The number of nitrogens with zero attached hydrogens (tertiary/aromatic N) is 4.